The van der Waals surface area contributed by atoms with Crippen molar-refractivity contribution in [1.29, 1.82) is 0 Å². The molecule has 0 amide bonds. The Morgan fingerprint density at radius 1 is 0.944 bits per heavy atom. The van der Waals surface area contributed by atoms with E-state index >= 15 is 0 Å². The molecule has 1 unspecified atom stereocenters. The Balaban J connectivity index is 1.51. The molecule has 0 aliphatic heterocycles. The van der Waals surface area contributed by atoms with Gasteiger partial charge in [-0.3, -0.25) is 9.59 Å². The van der Waals surface area contributed by atoms with E-state index in [9.17, 15) is 9.59 Å². The van der Waals surface area contributed by atoms with E-state index in [1.165, 1.54) is 16.7 Å². The van der Waals surface area contributed by atoms with E-state index in [-0.39, 0.29) is 5.22 Å². The Bertz CT molecular complexity index is 1260. The number of rotatable bonds is 10. The Morgan fingerprint density at radius 2 is 1.67 bits per heavy atom. The summed E-state index contributed by atoms with van der Waals surface area (Å²) in [4.78, 5) is 25.9. The van der Waals surface area contributed by atoms with Crippen LogP contribution >= 0.6 is 90.4 Å². The first-order valence-corrected chi connectivity index (χ1v) is 16.6. The van der Waals surface area contributed by atoms with Crippen LogP contribution in [0.4, 0.5) is 0 Å². The lowest BCUT2D eigenvalue weighted by Crippen LogP contribution is -2.09. The average molecular weight is 928 g/mol. The molecule has 3 aromatic rings. The number of carbonyl (C=O) groups is 2. The maximum absolute atomic E-state index is 13.6. The van der Waals surface area contributed by atoms with Crippen LogP contribution in [0.1, 0.15) is 65.2 Å². The number of ketones is 2. The third kappa shape index (κ3) is 7.31. The monoisotopic (exact) mass is 928 g/mol. The molecule has 0 fully saturated rings. The van der Waals surface area contributed by atoms with Crippen molar-refractivity contribution in [2.75, 3.05) is 0 Å². The highest BCUT2D eigenvalue weighted by Crippen LogP contribution is 2.46. The molecule has 0 saturated heterocycles. The van der Waals surface area contributed by atoms with E-state index in [0.717, 1.165) is 51.5 Å². The van der Waals surface area contributed by atoms with Gasteiger partial charge in [-0.25, -0.2) is 0 Å². The van der Waals surface area contributed by atoms with Gasteiger partial charge >= 0.3 is 0 Å². The number of hydrogen-bond acceptors (Lipinski definition) is 2. The molecule has 1 aliphatic rings. The first-order chi connectivity index (χ1) is 17.2. The van der Waals surface area contributed by atoms with Crippen molar-refractivity contribution >= 4 is 102 Å². The smallest absolute Gasteiger partial charge is 0.168 e. The van der Waals surface area contributed by atoms with E-state index in [4.69, 9.17) is 0 Å². The van der Waals surface area contributed by atoms with E-state index in [1.54, 1.807) is 0 Å². The van der Waals surface area contributed by atoms with Crippen molar-refractivity contribution < 1.29 is 9.59 Å². The van der Waals surface area contributed by atoms with Gasteiger partial charge in [0.15, 0.2) is 5.78 Å². The summed E-state index contributed by atoms with van der Waals surface area (Å²) in [5.41, 5.74) is 7.82. The van der Waals surface area contributed by atoms with Gasteiger partial charge in [0.1, 0.15) is 5.22 Å². The summed E-state index contributed by atoms with van der Waals surface area (Å²) in [6.07, 6.45) is 5.76. The highest BCUT2D eigenvalue weighted by Gasteiger charge is 2.25. The number of unbranched alkanes of at least 4 members (excludes halogenated alkanes) is 1. The van der Waals surface area contributed by atoms with Crippen molar-refractivity contribution in [2.24, 2.45) is 5.92 Å². The van der Waals surface area contributed by atoms with Crippen LogP contribution in [0, 0.1) is 9.49 Å². The van der Waals surface area contributed by atoms with E-state index in [1.807, 2.05) is 12.1 Å². The normalized spacial score (nSPS) is 15.1. The third-order valence-electron chi connectivity index (χ3n) is 6.79. The molecule has 0 N–H and O–H groups in total. The number of halogens is 4. The molecule has 0 aromatic heterocycles. The predicted octanol–water partition coefficient (Wildman–Crippen LogP) is 9.66. The van der Waals surface area contributed by atoms with Crippen molar-refractivity contribution in [1.82, 2.24) is 0 Å². The largest absolute Gasteiger partial charge is 0.300 e. The van der Waals surface area contributed by atoms with Gasteiger partial charge in [-0.1, -0.05) is 67.9 Å². The Morgan fingerprint density at radius 3 is 2.36 bits per heavy atom. The quantitative estimate of drug-likeness (QED) is 0.115. The first-order valence-electron chi connectivity index (χ1n) is 12.3. The van der Waals surface area contributed by atoms with Gasteiger partial charge in [-0.05, 0) is 155 Å². The summed E-state index contributed by atoms with van der Waals surface area (Å²) >= 11 is 9.57. The number of fused-ring (bicyclic) bond motifs is 1. The summed E-state index contributed by atoms with van der Waals surface area (Å²) < 4.78 is 0.988. The van der Waals surface area contributed by atoms with Gasteiger partial charge in [0.05, 0.1) is 0 Å². The van der Waals surface area contributed by atoms with Gasteiger partial charge in [-0.2, -0.15) is 0 Å². The highest BCUT2D eigenvalue weighted by atomic mass is 127. The van der Waals surface area contributed by atoms with Crippen LogP contribution in [-0.2, 0) is 23.5 Å². The topological polar surface area (TPSA) is 34.1 Å². The van der Waals surface area contributed by atoms with Gasteiger partial charge in [0.25, 0.3) is 0 Å². The van der Waals surface area contributed by atoms with E-state index < -0.39 is 0 Å². The number of Topliss-reactive ketones (excluding diaryl/α,β-unsaturated/α-hetero) is 2. The second-order valence-corrected chi connectivity index (χ2v) is 21.8. The Hall–Kier alpha value is -0.0800. The summed E-state index contributed by atoms with van der Waals surface area (Å²) in [6, 6.07) is 21.1. The average Bonchev–Trinajstić information content (AvgIpc) is 3.23. The van der Waals surface area contributed by atoms with Crippen LogP contribution < -0.4 is 0 Å². The minimum atomic E-state index is 0.00490. The maximum atomic E-state index is 13.6. The number of benzene rings is 3. The second-order valence-electron chi connectivity index (χ2n) is 9.56. The fourth-order valence-corrected chi connectivity index (χ4v) is 6.85. The fraction of sp³-hybridized carbons (Fsp3) is 0.333. The van der Waals surface area contributed by atoms with Crippen LogP contribution in [0.2, 0.25) is 0 Å². The van der Waals surface area contributed by atoms with Crippen LogP contribution in [-0.4, -0.2) is 11.6 Å². The van der Waals surface area contributed by atoms with Gasteiger partial charge in [0, 0.05) is 28.4 Å². The molecule has 3 aromatic carbocycles. The minimum Gasteiger partial charge on any atom is -0.300 e. The van der Waals surface area contributed by atoms with Crippen LogP contribution in [0.3, 0.4) is 0 Å². The summed E-state index contributed by atoms with van der Waals surface area (Å²) in [5, 5.41) is 0. The predicted molar refractivity (Wildman–Crippen MR) is 183 cm³/mol. The lowest BCUT2D eigenvalue weighted by atomic mass is 9.93. The van der Waals surface area contributed by atoms with Crippen LogP contribution in [0.15, 0.2) is 60.7 Å². The second kappa shape index (κ2) is 12.8. The van der Waals surface area contributed by atoms with E-state index in [2.05, 4.69) is 146 Å². The zero-order chi connectivity index (χ0) is 25.9. The summed E-state index contributed by atoms with van der Waals surface area (Å²) in [6.45, 7) is 2.13. The van der Waals surface area contributed by atoms with Crippen LogP contribution in [0.25, 0.3) is 11.1 Å². The molecular weight excluding hydrogens is 900 g/mol. The molecule has 0 radical (unpaired) electrons. The number of carbonyl (C=O) groups excluding carboxylic acids is 2. The lowest BCUT2D eigenvalue weighted by Gasteiger charge is -2.15. The maximum Gasteiger partial charge on any atom is 0.168 e. The molecule has 1 atom stereocenters. The molecular formula is C30H28I4O2. The molecule has 2 nitrogen and oxygen atoms in total. The fourth-order valence-electron chi connectivity index (χ4n) is 4.98. The van der Waals surface area contributed by atoms with Crippen LogP contribution in [0.5, 0.6) is 0 Å². The van der Waals surface area contributed by atoms with Gasteiger partial charge < -0.3 is 0 Å². The summed E-state index contributed by atoms with van der Waals surface area (Å²) in [7, 11) is 0. The minimum absolute atomic E-state index is 0.00490. The summed E-state index contributed by atoms with van der Waals surface area (Å²) in [5.74, 6) is 0.950. The molecule has 0 heterocycles. The number of alkyl halides is 3. The molecule has 0 spiro atoms. The van der Waals surface area contributed by atoms with Gasteiger partial charge in [-0.15, -0.1) is 0 Å². The lowest BCUT2D eigenvalue weighted by molar-refractivity contribution is -0.120. The van der Waals surface area contributed by atoms with Crippen molar-refractivity contribution in [3.05, 3.63) is 92.1 Å². The molecule has 0 saturated carbocycles. The van der Waals surface area contributed by atoms with Crippen molar-refractivity contribution in [2.45, 2.75) is 51.3 Å². The number of hydrogen-bond donors (Lipinski definition) is 0. The molecule has 4 rings (SSSR count). The molecule has 188 valence electrons. The highest BCUT2D eigenvalue weighted by molar-refractivity contribution is 14.3. The standard InChI is InChI=1S/C30H28I4O2/c1-2-3-5-25(35)17-20-15-22-9-8-19(14-23(22)16-20)18-28(36)29-26(6-4-7-27(29)31)21-10-12-24(13-11-21)30(32,33)34/h4,6-14,20H,2-3,5,15-18H2,1H3. The SMILES string of the molecule is CCCCC(=O)CC1Cc2ccc(CC(=O)c3c(I)cccc3-c3ccc(C(I)(I)I)cc3)cc2C1. The molecule has 1 aliphatic carbocycles. The molecule has 6 heteroatoms. The van der Waals surface area contributed by atoms with Crippen molar-refractivity contribution in [3.8, 4) is 11.1 Å². The zero-order valence-electron chi connectivity index (χ0n) is 20.1. The Labute approximate surface area is 268 Å². The van der Waals surface area contributed by atoms with E-state index in [0.29, 0.717) is 31.0 Å². The van der Waals surface area contributed by atoms with Crippen molar-refractivity contribution in [3.63, 3.8) is 0 Å². The molecule has 36 heavy (non-hydrogen) atoms. The van der Waals surface area contributed by atoms with Gasteiger partial charge in [0.2, 0.25) is 0 Å². The first kappa shape index (κ1) is 28.9. The Kier molecular flexibility index (Phi) is 10.3. The molecule has 0 bridgehead atoms. The zero-order valence-corrected chi connectivity index (χ0v) is 28.8. The third-order valence-corrected chi connectivity index (χ3v) is 9.56.